The van der Waals surface area contributed by atoms with Gasteiger partial charge >= 0.3 is 0 Å². The second-order valence-corrected chi connectivity index (χ2v) is 5.52. The number of hydrogen-bond donors (Lipinski definition) is 1. The van der Waals surface area contributed by atoms with Crippen LogP contribution in [0.25, 0.3) is 0 Å². The molecule has 0 radical (unpaired) electrons. The third-order valence-corrected chi connectivity index (χ3v) is 4.39. The zero-order valence-corrected chi connectivity index (χ0v) is 12.8. The van der Waals surface area contributed by atoms with E-state index >= 15 is 0 Å². The summed E-state index contributed by atoms with van der Waals surface area (Å²) < 4.78 is 2.96. The number of aryl methyl sites for hydroxylation is 2. The van der Waals surface area contributed by atoms with Gasteiger partial charge in [0.1, 0.15) is 6.10 Å². The van der Waals surface area contributed by atoms with Crippen LogP contribution in [0.4, 0.5) is 0 Å². The van der Waals surface area contributed by atoms with E-state index in [9.17, 15) is 5.11 Å². The van der Waals surface area contributed by atoms with Gasteiger partial charge in [-0.15, -0.1) is 11.3 Å². The largest absolute Gasteiger partial charge is 0.386 e. The lowest BCUT2D eigenvalue weighted by Crippen LogP contribution is -2.09. The first-order valence-corrected chi connectivity index (χ1v) is 7.71. The van der Waals surface area contributed by atoms with E-state index in [1.165, 1.54) is 11.3 Å². The Balaban J connectivity index is 2.25. The van der Waals surface area contributed by atoms with Gasteiger partial charge in [0.15, 0.2) is 0 Å². The molecule has 0 bridgehead atoms. The van der Waals surface area contributed by atoms with Gasteiger partial charge in [-0.25, -0.2) is 4.98 Å². The number of thiazole rings is 1. The van der Waals surface area contributed by atoms with Crippen molar-refractivity contribution < 1.29 is 5.11 Å². The first-order chi connectivity index (χ1) is 8.67. The van der Waals surface area contributed by atoms with Crippen molar-refractivity contribution in [1.82, 2.24) is 14.8 Å². The van der Waals surface area contributed by atoms with Gasteiger partial charge in [0, 0.05) is 18.3 Å². The minimum absolute atomic E-state index is 0.533. The second-order valence-electron chi connectivity index (χ2n) is 4.01. The van der Waals surface area contributed by atoms with Crippen LogP contribution in [-0.4, -0.2) is 19.9 Å². The van der Waals surface area contributed by atoms with E-state index in [4.69, 9.17) is 0 Å². The molecule has 4 nitrogen and oxygen atoms in total. The Labute approximate surface area is 119 Å². The fourth-order valence-electron chi connectivity index (χ4n) is 1.89. The molecular weight excluding hydrogens is 314 g/mol. The topological polar surface area (TPSA) is 50.9 Å². The second kappa shape index (κ2) is 5.95. The molecule has 2 aromatic heterocycles. The summed E-state index contributed by atoms with van der Waals surface area (Å²) >= 11 is 5.08. The molecule has 0 aromatic carbocycles. The molecule has 1 unspecified atom stereocenters. The summed E-state index contributed by atoms with van der Waals surface area (Å²) in [5.41, 5.74) is 4.54. The minimum Gasteiger partial charge on any atom is -0.386 e. The molecule has 0 fully saturated rings. The summed E-state index contributed by atoms with van der Waals surface area (Å²) in [4.78, 5) is 4.15. The van der Waals surface area contributed by atoms with Gasteiger partial charge in [0.25, 0.3) is 0 Å². The maximum absolute atomic E-state index is 10.2. The number of aromatic nitrogens is 3. The molecule has 0 spiro atoms. The predicted octanol–water partition coefficient (Wildman–Crippen LogP) is 2.96. The quantitative estimate of drug-likeness (QED) is 0.917. The van der Waals surface area contributed by atoms with Gasteiger partial charge < -0.3 is 5.11 Å². The third kappa shape index (κ3) is 2.65. The van der Waals surface area contributed by atoms with Gasteiger partial charge in [0.05, 0.1) is 27.1 Å². The Morgan fingerprint density at radius 1 is 1.50 bits per heavy atom. The summed E-state index contributed by atoms with van der Waals surface area (Å²) in [7, 11) is 0. The van der Waals surface area contributed by atoms with Crippen LogP contribution in [-0.2, 0) is 19.4 Å². The van der Waals surface area contributed by atoms with E-state index < -0.39 is 6.10 Å². The highest BCUT2D eigenvalue weighted by molar-refractivity contribution is 9.10. The molecule has 2 heterocycles. The maximum atomic E-state index is 10.2. The molecule has 98 valence electrons. The van der Waals surface area contributed by atoms with Crippen LogP contribution in [0.15, 0.2) is 15.4 Å². The summed E-state index contributed by atoms with van der Waals surface area (Å²) in [6.07, 6.45) is 0.845. The first kappa shape index (κ1) is 13.7. The van der Waals surface area contributed by atoms with E-state index in [1.54, 1.807) is 5.51 Å². The van der Waals surface area contributed by atoms with Gasteiger partial charge in [-0.1, -0.05) is 6.92 Å². The Bertz CT molecular complexity index is 510. The molecule has 0 amide bonds. The molecule has 0 saturated heterocycles. The lowest BCUT2D eigenvalue weighted by molar-refractivity contribution is 0.171. The lowest BCUT2D eigenvalue weighted by atomic mass is 10.1. The van der Waals surface area contributed by atoms with Gasteiger partial charge in [-0.2, -0.15) is 5.10 Å². The number of aliphatic hydroxyl groups excluding tert-OH is 1. The average Bonchev–Trinajstić information content (AvgIpc) is 2.99. The molecular formula is C12H16BrN3OS. The zero-order chi connectivity index (χ0) is 13.1. The molecule has 18 heavy (non-hydrogen) atoms. The normalized spacial score (nSPS) is 12.9. The molecule has 0 saturated carbocycles. The maximum Gasteiger partial charge on any atom is 0.102 e. The monoisotopic (exact) mass is 329 g/mol. The van der Waals surface area contributed by atoms with E-state index in [-0.39, 0.29) is 0 Å². The van der Waals surface area contributed by atoms with Crippen LogP contribution in [0.5, 0.6) is 0 Å². The fourth-order valence-corrected chi connectivity index (χ4v) is 3.21. The molecule has 2 aromatic rings. The van der Waals surface area contributed by atoms with E-state index in [0.29, 0.717) is 6.42 Å². The van der Waals surface area contributed by atoms with Crippen molar-refractivity contribution in [2.24, 2.45) is 0 Å². The molecule has 0 aliphatic heterocycles. The van der Waals surface area contributed by atoms with Gasteiger partial charge in [0.2, 0.25) is 0 Å². The lowest BCUT2D eigenvalue weighted by Gasteiger charge is -2.10. The van der Waals surface area contributed by atoms with E-state index in [2.05, 4.69) is 39.9 Å². The molecule has 6 heteroatoms. The SMILES string of the molecule is CCc1nn(CC)c(CC(O)c2cscn2)c1Br. The van der Waals surface area contributed by atoms with Gasteiger partial charge in [-0.3, -0.25) is 4.68 Å². The number of rotatable bonds is 5. The van der Waals surface area contributed by atoms with E-state index in [0.717, 1.165) is 34.5 Å². The Morgan fingerprint density at radius 2 is 2.28 bits per heavy atom. The summed E-state index contributed by atoms with van der Waals surface area (Å²) in [6.45, 7) is 4.93. The summed E-state index contributed by atoms with van der Waals surface area (Å²) in [6, 6.07) is 0. The average molecular weight is 330 g/mol. The van der Waals surface area contributed by atoms with E-state index in [1.807, 2.05) is 10.1 Å². The zero-order valence-electron chi connectivity index (χ0n) is 10.4. The smallest absolute Gasteiger partial charge is 0.102 e. The molecule has 1 N–H and O–H groups in total. The minimum atomic E-state index is -0.570. The molecule has 1 atom stereocenters. The van der Waals surface area contributed by atoms with Crippen molar-refractivity contribution >= 4 is 27.3 Å². The van der Waals surface area contributed by atoms with Crippen molar-refractivity contribution in [3.63, 3.8) is 0 Å². The predicted molar refractivity (Wildman–Crippen MR) is 75.8 cm³/mol. The standard InChI is InChI=1S/C12H16BrN3OS/c1-3-8-12(13)10(16(4-2)15-8)5-11(17)9-6-18-7-14-9/h6-7,11,17H,3-5H2,1-2H3. The highest BCUT2D eigenvalue weighted by atomic mass is 79.9. The van der Waals surface area contributed by atoms with Crippen LogP contribution < -0.4 is 0 Å². The van der Waals surface area contributed by atoms with Crippen LogP contribution in [0.2, 0.25) is 0 Å². The van der Waals surface area contributed by atoms with Crippen LogP contribution in [0, 0.1) is 0 Å². The number of halogens is 1. The third-order valence-electron chi connectivity index (χ3n) is 2.87. The van der Waals surface area contributed by atoms with Crippen LogP contribution in [0.1, 0.15) is 37.0 Å². The van der Waals surface area contributed by atoms with Crippen molar-refractivity contribution in [2.45, 2.75) is 39.3 Å². The summed E-state index contributed by atoms with van der Waals surface area (Å²) in [5, 5.41) is 16.6. The van der Waals surface area contributed by atoms with Crippen LogP contribution in [0.3, 0.4) is 0 Å². The number of hydrogen-bond acceptors (Lipinski definition) is 4. The van der Waals surface area contributed by atoms with Gasteiger partial charge in [-0.05, 0) is 29.3 Å². The molecule has 0 aliphatic carbocycles. The first-order valence-electron chi connectivity index (χ1n) is 5.97. The fraction of sp³-hybridized carbons (Fsp3) is 0.500. The summed E-state index contributed by atoms with van der Waals surface area (Å²) in [5.74, 6) is 0. The molecule has 0 aliphatic rings. The highest BCUT2D eigenvalue weighted by Gasteiger charge is 2.19. The number of aliphatic hydroxyl groups is 1. The Morgan fingerprint density at radius 3 is 2.83 bits per heavy atom. The highest BCUT2D eigenvalue weighted by Crippen LogP contribution is 2.27. The Kier molecular flexibility index (Phi) is 4.53. The molecule has 2 rings (SSSR count). The van der Waals surface area contributed by atoms with Crippen molar-refractivity contribution in [3.8, 4) is 0 Å². The Hall–Kier alpha value is -0.720. The van der Waals surface area contributed by atoms with Crippen molar-refractivity contribution in [2.75, 3.05) is 0 Å². The van der Waals surface area contributed by atoms with Crippen molar-refractivity contribution in [1.29, 1.82) is 0 Å². The van der Waals surface area contributed by atoms with Crippen molar-refractivity contribution in [3.05, 3.63) is 32.4 Å². The van der Waals surface area contributed by atoms with Crippen LogP contribution >= 0.6 is 27.3 Å². The number of nitrogens with zero attached hydrogens (tertiary/aromatic N) is 3.